The van der Waals surface area contributed by atoms with E-state index in [4.69, 9.17) is 0 Å². The van der Waals surface area contributed by atoms with Crippen LogP contribution in [0.4, 0.5) is 0 Å². The van der Waals surface area contributed by atoms with Gasteiger partial charge in [0, 0.05) is 17.4 Å². The standard InChI is InChI=1S/2C4H7.2C3H9P.Cr/c4*1-4(2)3;/h2*1-2H2,3H3;2*1-3H3;. The Kier molecular flexibility index (Phi) is 47.5. The van der Waals surface area contributed by atoms with Crippen LogP contribution in [-0.4, -0.2) is 40.0 Å². The molecule has 0 atom stereocenters. The molecule has 0 bridgehead atoms. The predicted octanol–water partition coefficient (Wildman–Crippen LogP) is 5.21. The molecular formula is C14H32CrP2. The first-order valence-electron chi connectivity index (χ1n) is 5.10. The van der Waals surface area contributed by atoms with Crippen LogP contribution < -0.4 is 0 Å². The van der Waals surface area contributed by atoms with Gasteiger partial charge in [0.1, 0.15) is 0 Å². The molecule has 0 aliphatic rings. The molecular weight excluding hydrogens is 282 g/mol. The Morgan fingerprint density at radius 2 is 0.588 bits per heavy atom. The molecule has 104 valence electrons. The van der Waals surface area contributed by atoms with E-state index in [1.165, 1.54) is 0 Å². The predicted molar refractivity (Wildman–Crippen MR) is 88.6 cm³/mol. The van der Waals surface area contributed by atoms with E-state index in [9.17, 15) is 0 Å². The maximum atomic E-state index is 3.44. The summed E-state index contributed by atoms with van der Waals surface area (Å²) in [5.74, 6) is 1.83. The maximum absolute atomic E-state index is 3.44. The molecule has 0 aromatic rings. The van der Waals surface area contributed by atoms with Crippen molar-refractivity contribution < 1.29 is 17.4 Å². The van der Waals surface area contributed by atoms with Crippen LogP contribution in [-0.2, 0) is 17.4 Å². The fourth-order valence-electron chi connectivity index (χ4n) is 0. The summed E-state index contributed by atoms with van der Waals surface area (Å²) in [5, 5.41) is 0. The van der Waals surface area contributed by atoms with Crippen LogP contribution in [0.1, 0.15) is 13.8 Å². The topological polar surface area (TPSA) is 0 Å². The Morgan fingerprint density at radius 1 is 0.588 bits per heavy atom. The quantitative estimate of drug-likeness (QED) is 0.538. The van der Waals surface area contributed by atoms with E-state index in [0.717, 1.165) is 11.8 Å². The number of rotatable bonds is 0. The van der Waals surface area contributed by atoms with Crippen LogP contribution in [0.15, 0.2) is 0 Å². The molecule has 0 aromatic carbocycles. The Hall–Kier alpha value is 1.39. The fourth-order valence-corrected chi connectivity index (χ4v) is 0. The molecule has 0 aliphatic heterocycles. The van der Waals surface area contributed by atoms with Gasteiger partial charge in [-0.3, -0.25) is 0 Å². The Bertz CT molecular complexity index is 57.2. The average Bonchev–Trinajstić information content (AvgIpc) is 1.76. The number of hydrogen-bond acceptors (Lipinski definition) is 0. The second-order valence-corrected chi connectivity index (χ2v) is 9.96. The SMILES string of the molecule is CP(C)C.CP(C)C.[CH2][C]([CH2])C.[CH2][C]([CH2])C.[Cr]. The van der Waals surface area contributed by atoms with Crippen molar-refractivity contribution in [1.29, 1.82) is 0 Å². The molecule has 0 saturated carbocycles. The van der Waals surface area contributed by atoms with Crippen LogP contribution in [0.2, 0.25) is 0 Å². The number of hydrogen-bond donors (Lipinski definition) is 0. The van der Waals surface area contributed by atoms with Gasteiger partial charge < -0.3 is 0 Å². The summed E-state index contributed by atoms with van der Waals surface area (Å²) in [6.45, 7) is 30.9. The molecule has 0 fully saturated rings. The zero-order chi connectivity index (χ0) is 14.3. The summed E-state index contributed by atoms with van der Waals surface area (Å²) >= 11 is 0. The van der Waals surface area contributed by atoms with Crippen molar-refractivity contribution in [3.8, 4) is 0 Å². The van der Waals surface area contributed by atoms with Crippen molar-refractivity contribution in [2.45, 2.75) is 13.8 Å². The van der Waals surface area contributed by atoms with Crippen LogP contribution in [0.5, 0.6) is 0 Å². The minimum Gasteiger partial charge on any atom is -0.116 e. The third-order valence-corrected chi connectivity index (χ3v) is 0. The van der Waals surface area contributed by atoms with E-state index < -0.39 is 0 Å². The maximum Gasteiger partial charge on any atom is 0 e. The van der Waals surface area contributed by atoms with Gasteiger partial charge >= 0.3 is 0 Å². The van der Waals surface area contributed by atoms with E-state index in [-0.39, 0.29) is 17.4 Å². The first-order chi connectivity index (χ1) is 6.93. The molecule has 0 rings (SSSR count). The largest absolute Gasteiger partial charge is 0.116 e. The summed E-state index contributed by atoms with van der Waals surface area (Å²) in [4.78, 5) is 0. The second kappa shape index (κ2) is 26.1. The van der Waals surface area contributed by atoms with E-state index >= 15 is 0 Å². The monoisotopic (exact) mass is 314 g/mol. The molecule has 0 aromatic heterocycles. The zero-order valence-electron chi connectivity index (χ0n) is 13.1. The molecule has 6 radical (unpaired) electrons. The van der Waals surface area contributed by atoms with E-state index in [0.29, 0.717) is 15.8 Å². The van der Waals surface area contributed by atoms with Crippen LogP contribution in [0.25, 0.3) is 0 Å². The normalized spacial score (nSPS) is 8.47. The summed E-state index contributed by atoms with van der Waals surface area (Å²) < 4.78 is 0. The van der Waals surface area contributed by atoms with Gasteiger partial charge in [-0.15, -0.1) is 15.8 Å². The average molecular weight is 314 g/mol. The minimum absolute atomic E-state index is 0. The summed E-state index contributed by atoms with van der Waals surface area (Å²) in [6.07, 6.45) is 0. The van der Waals surface area contributed by atoms with Crippen molar-refractivity contribution in [1.82, 2.24) is 0 Å². The first-order valence-corrected chi connectivity index (χ1v) is 10.5. The van der Waals surface area contributed by atoms with Gasteiger partial charge in [0.05, 0.1) is 0 Å². The molecule has 0 heterocycles. The molecule has 0 spiro atoms. The van der Waals surface area contributed by atoms with Crippen LogP contribution in [0, 0.1) is 39.5 Å². The van der Waals surface area contributed by atoms with Gasteiger partial charge in [0.25, 0.3) is 0 Å². The Labute approximate surface area is 126 Å². The second-order valence-electron chi connectivity index (χ2n) is 4.60. The summed E-state index contributed by atoms with van der Waals surface area (Å²) in [7, 11) is 0.759. The minimum atomic E-state index is 0. The van der Waals surface area contributed by atoms with Gasteiger partial charge in [0.2, 0.25) is 0 Å². The smallest absolute Gasteiger partial charge is 0 e. The van der Waals surface area contributed by atoms with Crippen molar-refractivity contribution >= 4 is 15.8 Å². The third kappa shape index (κ3) is 2130. The van der Waals surface area contributed by atoms with E-state index in [1.807, 2.05) is 13.8 Å². The van der Waals surface area contributed by atoms with Crippen molar-refractivity contribution in [2.24, 2.45) is 0 Å². The first kappa shape index (κ1) is 31.0. The van der Waals surface area contributed by atoms with Gasteiger partial charge in [-0.2, -0.15) is 0 Å². The molecule has 0 nitrogen and oxygen atoms in total. The molecule has 0 saturated heterocycles. The summed E-state index contributed by atoms with van der Waals surface area (Å²) in [6, 6.07) is 0. The molecule has 17 heavy (non-hydrogen) atoms. The molecule has 0 amide bonds. The van der Waals surface area contributed by atoms with Gasteiger partial charge in [-0.05, 0) is 79.5 Å². The van der Waals surface area contributed by atoms with Gasteiger partial charge in [-0.1, -0.05) is 13.8 Å². The van der Waals surface area contributed by atoms with Crippen LogP contribution >= 0.6 is 15.8 Å². The van der Waals surface area contributed by atoms with Crippen molar-refractivity contribution in [3.63, 3.8) is 0 Å². The van der Waals surface area contributed by atoms with Crippen LogP contribution in [0.3, 0.4) is 0 Å². The molecule has 0 N–H and O–H groups in total. The van der Waals surface area contributed by atoms with E-state index in [2.05, 4.69) is 67.7 Å². The fraction of sp³-hybridized carbons (Fsp3) is 0.571. The molecule has 3 heteroatoms. The third-order valence-electron chi connectivity index (χ3n) is 0. The van der Waals surface area contributed by atoms with Crippen molar-refractivity contribution in [3.05, 3.63) is 39.5 Å². The summed E-state index contributed by atoms with van der Waals surface area (Å²) in [5.41, 5.74) is 0. The Morgan fingerprint density at radius 3 is 0.588 bits per heavy atom. The van der Waals surface area contributed by atoms with E-state index in [1.54, 1.807) is 0 Å². The molecule has 0 unspecified atom stereocenters. The van der Waals surface area contributed by atoms with Crippen molar-refractivity contribution in [2.75, 3.05) is 40.0 Å². The van der Waals surface area contributed by atoms with Gasteiger partial charge in [0.15, 0.2) is 0 Å². The zero-order valence-corrected chi connectivity index (χ0v) is 16.2. The van der Waals surface area contributed by atoms with Gasteiger partial charge in [-0.25, -0.2) is 0 Å². The Balaban J connectivity index is -0.0000000369. The molecule has 0 aliphatic carbocycles.